The zero-order valence-corrected chi connectivity index (χ0v) is 18.5. The fraction of sp³-hybridized carbons (Fsp3) is 0.190. The molecule has 4 rings (SSSR count). The van der Waals surface area contributed by atoms with Gasteiger partial charge in [-0.25, -0.2) is 9.37 Å². The van der Waals surface area contributed by atoms with Gasteiger partial charge in [-0.05, 0) is 38.1 Å². The Morgan fingerprint density at radius 3 is 2.81 bits per heavy atom. The summed E-state index contributed by atoms with van der Waals surface area (Å²) in [5.74, 6) is 0.392. The van der Waals surface area contributed by atoms with Crippen LogP contribution in [0.4, 0.5) is 4.39 Å². The van der Waals surface area contributed by atoms with Crippen LogP contribution < -0.4 is 5.32 Å². The number of carbonyl (C=O) groups is 1. The Labute approximate surface area is 186 Å². The largest absolute Gasteiger partial charge is 0.349 e. The standard InChI is InChI=1S/C21H19FN6OS2/c1-13(2)24-20(29)16-11-30-18(25-16)12-31-21-27-26-19(14-6-5-9-23-10-14)28(21)17-8-4-3-7-15(17)22/h3-11,13H,12H2,1-2H3,(H,24,29). The van der Waals surface area contributed by atoms with E-state index in [9.17, 15) is 9.18 Å². The third-order valence-electron chi connectivity index (χ3n) is 4.18. The minimum atomic E-state index is -0.379. The van der Waals surface area contributed by atoms with Crippen molar-refractivity contribution in [1.29, 1.82) is 0 Å². The number of benzene rings is 1. The van der Waals surface area contributed by atoms with Gasteiger partial charge in [-0.1, -0.05) is 23.9 Å². The number of rotatable bonds is 7. The molecule has 10 heteroatoms. The Hall–Kier alpha value is -3.11. The number of halogens is 1. The number of thioether (sulfide) groups is 1. The normalized spacial score (nSPS) is 11.1. The van der Waals surface area contributed by atoms with Crippen LogP contribution in [0.2, 0.25) is 0 Å². The van der Waals surface area contributed by atoms with Gasteiger partial charge in [0.25, 0.3) is 5.91 Å². The van der Waals surface area contributed by atoms with Crippen molar-refractivity contribution in [2.75, 3.05) is 0 Å². The summed E-state index contributed by atoms with van der Waals surface area (Å²) >= 11 is 2.77. The first-order valence-electron chi connectivity index (χ1n) is 9.51. The van der Waals surface area contributed by atoms with Crippen LogP contribution in [0.15, 0.2) is 59.3 Å². The molecule has 0 aliphatic rings. The van der Waals surface area contributed by atoms with Crippen molar-refractivity contribution < 1.29 is 9.18 Å². The Morgan fingerprint density at radius 1 is 1.23 bits per heavy atom. The number of amides is 1. The van der Waals surface area contributed by atoms with Crippen molar-refractivity contribution >= 4 is 29.0 Å². The first kappa shape index (κ1) is 21.1. The van der Waals surface area contributed by atoms with Crippen molar-refractivity contribution in [1.82, 2.24) is 30.0 Å². The number of carbonyl (C=O) groups excluding carboxylic acids is 1. The van der Waals surface area contributed by atoms with E-state index in [0.717, 1.165) is 10.6 Å². The molecule has 0 aliphatic heterocycles. The molecule has 0 radical (unpaired) electrons. The van der Waals surface area contributed by atoms with E-state index in [1.807, 2.05) is 19.9 Å². The van der Waals surface area contributed by atoms with Crippen LogP contribution in [0.3, 0.4) is 0 Å². The van der Waals surface area contributed by atoms with E-state index >= 15 is 0 Å². The predicted molar refractivity (Wildman–Crippen MR) is 119 cm³/mol. The van der Waals surface area contributed by atoms with Crippen LogP contribution in [0.5, 0.6) is 0 Å². The molecule has 0 fully saturated rings. The molecule has 1 N–H and O–H groups in total. The smallest absolute Gasteiger partial charge is 0.270 e. The summed E-state index contributed by atoms with van der Waals surface area (Å²) in [7, 11) is 0. The molecule has 7 nitrogen and oxygen atoms in total. The Balaban J connectivity index is 1.62. The molecule has 0 aliphatic carbocycles. The number of hydrogen-bond acceptors (Lipinski definition) is 7. The molecule has 0 saturated carbocycles. The van der Waals surface area contributed by atoms with E-state index in [2.05, 4.69) is 25.5 Å². The van der Waals surface area contributed by atoms with Crippen molar-refractivity contribution in [2.45, 2.75) is 30.8 Å². The molecular weight excluding hydrogens is 435 g/mol. The van der Waals surface area contributed by atoms with Crippen molar-refractivity contribution in [3.05, 3.63) is 70.7 Å². The van der Waals surface area contributed by atoms with E-state index in [-0.39, 0.29) is 17.8 Å². The summed E-state index contributed by atoms with van der Waals surface area (Å²) in [6, 6.07) is 10.2. The van der Waals surface area contributed by atoms with Gasteiger partial charge in [0.05, 0.1) is 11.4 Å². The quantitative estimate of drug-likeness (QED) is 0.418. The second kappa shape index (κ2) is 9.36. The number of pyridine rings is 1. The van der Waals surface area contributed by atoms with Crippen LogP contribution in [0, 0.1) is 5.82 Å². The first-order chi connectivity index (χ1) is 15.0. The van der Waals surface area contributed by atoms with Crippen molar-refractivity contribution in [3.63, 3.8) is 0 Å². The second-order valence-electron chi connectivity index (χ2n) is 6.88. The van der Waals surface area contributed by atoms with Gasteiger partial charge < -0.3 is 5.32 Å². The third-order valence-corrected chi connectivity index (χ3v) is 6.15. The van der Waals surface area contributed by atoms with E-state index < -0.39 is 0 Å². The number of thiazole rings is 1. The SMILES string of the molecule is CC(C)NC(=O)c1csc(CSc2nnc(-c3cccnc3)n2-c2ccccc2F)n1. The number of aromatic nitrogens is 5. The zero-order chi connectivity index (χ0) is 21.8. The molecule has 158 valence electrons. The lowest BCUT2D eigenvalue weighted by Crippen LogP contribution is -2.30. The highest BCUT2D eigenvalue weighted by molar-refractivity contribution is 7.98. The van der Waals surface area contributed by atoms with Crippen molar-refractivity contribution in [2.24, 2.45) is 0 Å². The van der Waals surface area contributed by atoms with Gasteiger partial charge in [0.2, 0.25) is 0 Å². The average Bonchev–Trinajstić information content (AvgIpc) is 3.40. The van der Waals surface area contributed by atoms with Crippen LogP contribution in [0.25, 0.3) is 17.1 Å². The lowest BCUT2D eigenvalue weighted by atomic mass is 10.2. The molecule has 0 saturated heterocycles. The van der Waals surface area contributed by atoms with Gasteiger partial charge in [0.1, 0.15) is 16.5 Å². The maximum atomic E-state index is 14.6. The molecule has 1 amide bonds. The van der Waals surface area contributed by atoms with Crippen LogP contribution in [0.1, 0.15) is 29.3 Å². The summed E-state index contributed by atoms with van der Waals surface area (Å²) in [5, 5.41) is 14.4. The number of hydrogen-bond donors (Lipinski definition) is 1. The highest BCUT2D eigenvalue weighted by atomic mass is 32.2. The molecule has 0 bridgehead atoms. The molecule has 4 aromatic rings. The summed E-state index contributed by atoms with van der Waals surface area (Å²) in [5.41, 5.74) is 1.47. The van der Waals surface area contributed by atoms with Crippen molar-refractivity contribution in [3.8, 4) is 17.1 Å². The average molecular weight is 455 g/mol. The fourth-order valence-corrected chi connectivity index (χ4v) is 4.58. The molecule has 31 heavy (non-hydrogen) atoms. The minimum absolute atomic E-state index is 0.0391. The molecule has 0 atom stereocenters. The summed E-state index contributed by atoms with van der Waals surface area (Å²) in [4.78, 5) is 20.7. The van der Waals surface area contributed by atoms with Crippen LogP contribution in [-0.4, -0.2) is 36.7 Å². The highest BCUT2D eigenvalue weighted by Crippen LogP contribution is 2.31. The van der Waals surface area contributed by atoms with Gasteiger partial charge in [0.15, 0.2) is 11.0 Å². The maximum absolute atomic E-state index is 14.6. The van der Waals surface area contributed by atoms with Gasteiger partial charge in [-0.15, -0.1) is 21.5 Å². The molecule has 3 aromatic heterocycles. The Bertz CT molecular complexity index is 1190. The molecule has 0 unspecified atom stereocenters. The highest BCUT2D eigenvalue weighted by Gasteiger charge is 2.19. The number of nitrogens with one attached hydrogen (secondary N) is 1. The van der Waals surface area contributed by atoms with E-state index in [0.29, 0.717) is 28.1 Å². The summed E-state index contributed by atoms with van der Waals surface area (Å²) in [6.07, 6.45) is 3.33. The number of nitrogens with zero attached hydrogens (tertiary/aromatic N) is 5. The molecular formula is C21H19FN6OS2. The Morgan fingerprint density at radius 2 is 2.06 bits per heavy atom. The van der Waals surface area contributed by atoms with Crippen LogP contribution in [-0.2, 0) is 5.75 Å². The predicted octanol–water partition coefficient (Wildman–Crippen LogP) is 4.36. The van der Waals surface area contributed by atoms with E-state index in [4.69, 9.17) is 0 Å². The first-order valence-corrected chi connectivity index (χ1v) is 11.4. The zero-order valence-electron chi connectivity index (χ0n) is 16.8. The fourth-order valence-electron chi connectivity index (χ4n) is 2.84. The maximum Gasteiger partial charge on any atom is 0.270 e. The molecule has 0 spiro atoms. The minimum Gasteiger partial charge on any atom is -0.349 e. The topological polar surface area (TPSA) is 85.6 Å². The monoisotopic (exact) mass is 454 g/mol. The van der Waals surface area contributed by atoms with E-state index in [1.54, 1.807) is 46.6 Å². The number of para-hydroxylation sites is 1. The third kappa shape index (κ3) is 4.80. The summed E-state index contributed by atoms with van der Waals surface area (Å²) in [6.45, 7) is 3.80. The lowest BCUT2D eigenvalue weighted by molar-refractivity contribution is 0.0938. The van der Waals surface area contributed by atoms with Crippen LogP contribution >= 0.6 is 23.1 Å². The molecule has 1 aromatic carbocycles. The van der Waals surface area contributed by atoms with Gasteiger partial charge in [-0.3, -0.25) is 14.3 Å². The van der Waals surface area contributed by atoms with E-state index in [1.165, 1.54) is 29.2 Å². The van der Waals surface area contributed by atoms with Gasteiger partial charge >= 0.3 is 0 Å². The lowest BCUT2D eigenvalue weighted by Gasteiger charge is -2.10. The summed E-state index contributed by atoms with van der Waals surface area (Å²) < 4.78 is 16.3. The molecule has 3 heterocycles. The van der Waals surface area contributed by atoms with Gasteiger partial charge in [0, 0.05) is 29.4 Å². The Kier molecular flexibility index (Phi) is 6.38. The van der Waals surface area contributed by atoms with Gasteiger partial charge in [-0.2, -0.15) is 0 Å². The second-order valence-corrected chi connectivity index (χ2v) is 8.76.